The van der Waals surface area contributed by atoms with Crippen molar-refractivity contribution in [2.45, 2.75) is 0 Å². The first-order valence-corrected chi connectivity index (χ1v) is 5.27. The van der Waals surface area contributed by atoms with E-state index in [0.29, 0.717) is 5.15 Å². The number of rotatable bonds is 1. The van der Waals surface area contributed by atoms with Gasteiger partial charge in [-0.05, 0) is 30.3 Å². The van der Waals surface area contributed by atoms with Gasteiger partial charge in [0, 0.05) is 18.0 Å². The highest BCUT2D eigenvalue weighted by atomic mass is 35.5. The van der Waals surface area contributed by atoms with E-state index in [1.807, 2.05) is 36.4 Å². The lowest BCUT2D eigenvalue weighted by atomic mass is 10.2. The van der Waals surface area contributed by atoms with Crippen molar-refractivity contribution in [1.29, 1.82) is 0 Å². The third kappa shape index (κ3) is 1.46. The minimum atomic E-state index is 0.604. The van der Waals surface area contributed by atoms with Crippen molar-refractivity contribution in [2.24, 2.45) is 0 Å². The standard InChI is InChI=1S/C12H8ClN3/c13-12-5-1-4-10-7-11(15-16(10)12)9-3-2-6-14-8-9/h1-8H. The van der Waals surface area contributed by atoms with E-state index >= 15 is 0 Å². The summed E-state index contributed by atoms with van der Waals surface area (Å²) in [5.74, 6) is 0. The zero-order valence-electron chi connectivity index (χ0n) is 8.34. The molecule has 3 aromatic heterocycles. The number of hydrogen-bond acceptors (Lipinski definition) is 2. The maximum Gasteiger partial charge on any atom is 0.131 e. The van der Waals surface area contributed by atoms with Crippen LogP contribution in [0, 0.1) is 0 Å². The predicted octanol–water partition coefficient (Wildman–Crippen LogP) is 3.05. The van der Waals surface area contributed by atoms with E-state index in [1.54, 1.807) is 16.9 Å². The molecule has 0 saturated carbocycles. The molecule has 0 aliphatic rings. The number of aromatic nitrogens is 3. The van der Waals surface area contributed by atoms with Crippen molar-refractivity contribution < 1.29 is 0 Å². The third-order valence-electron chi connectivity index (χ3n) is 2.40. The van der Waals surface area contributed by atoms with Crippen molar-refractivity contribution in [2.75, 3.05) is 0 Å². The van der Waals surface area contributed by atoms with Crippen molar-refractivity contribution in [3.63, 3.8) is 0 Å². The Balaban J connectivity index is 2.23. The normalized spacial score (nSPS) is 10.8. The number of pyridine rings is 2. The first kappa shape index (κ1) is 9.36. The van der Waals surface area contributed by atoms with Gasteiger partial charge in [-0.1, -0.05) is 17.7 Å². The van der Waals surface area contributed by atoms with Crippen LogP contribution < -0.4 is 0 Å². The third-order valence-corrected chi connectivity index (χ3v) is 2.68. The molecular formula is C12H8ClN3. The lowest BCUT2D eigenvalue weighted by Crippen LogP contribution is -1.88. The quantitative estimate of drug-likeness (QED) is 0.601. The average molecular weight is 230 g/mol. The van der Waals surface area contributed by atoms with Crippen LogP contribution in [0.25, 0.3) is 16.8 Å². The Hall–Kier alpha value is -1.87. The zero-order chi connectivity index (χ0) is 11.0. The summed E-state index contributed by atoms with van der Waals surface area (Å²) < 4.78 is 1.71. The fourth-order valence-electron chi connectivity index (χ4n) is 1.64. The van der Waals surface area contributed by atoms with Crippen LogP contribution in [0.1, 0.15) is 0 Å². The van der Waals surface area contributed by atoms with Gasteiger partial charge in [0.15, 0.2) is 0 Å². The smallest absolute Gasteiger partial charge is 0.131 e. The van der Waals surface area contributed by atoms with Crippen molar-refractivity contribution in [1.82, 2.24) is 14.6 Å². The van der Waals surface area contributed by atoms with Crippen molar-refractivity contribution in [3.8, 4) is 11.3 Å². The summed E-state index contributed by atoms with van der Waals surface area (Å²) in [6.45, 7) is 0. The lowest BCUT2D eigenvalue weighted by molar-refractivity contribution is 0.966. The molecule has 0 bridgehead atoms. The summed E-state index contributed by atoms with van der Waals surface area (Å²) in [6.07, 6.45) is 3.53. The Kier molecular flexibility index (Phi) is 2.11. The van der Waals surface area contributed by atoms with Gasteiger partial charge in [0.1, 0.15) is 5.15 Å². The Morgan fingerprint density at radius 2 is 2.06 bits per heavy atom. The molecule has 0 atom stereocenters. The second kappa shape index (κ2) is 3.61. The molecule has 3 heterocycles. The van der Waals surface area contributed by atoms with Gasteiger partial charge in [-0.15, -0.1) is 0 Å². The highest BCUT2D eigenvalue weighted by molar-refractivity contribution is 6.29. The predicted molar refractivity (Wildman–Crippen MR) is 63.4 cm³/mol. The Morgan fingerprint density at radius 3 is 2.81 bits per heavy atom. The van der Waals surface area contributed by atoms with Gasteiger partial charge >= 0.3 is 0 Å². The van der Waals surface area contributed by atoms with Crippen LogP contribution in [0.3, 0.4) is 0 Å². The molecule has 0 saturated heterocycles. The first-order chi connectivity index (χ1) is 7.84. The summed E-state index contributed by atoms with van der Waals surface area (Å²) >= 11 is 6.04. The van der Waals surface area contributed by atoms with Crippen LogP contribution in [0.5, 0.6) is 0 Å². The largest absolute Gasteiger partial charge is 0.264 e. The van der Waals surface area contributed by atoms with E-state index in [2.05, 4.69) is 10.1 Å². The van der Waals surface area contributed by atoms with Gasteiger partial charge in [0.25, 0.3) is 0 Å². The SMILES string of the molecule is Clc1cccc2cc(-c3cccnc3)nn12. The molecule has 0 aliphatic heterocycles. The molecule has 16 heavy (non-hydrogen) atoms. The highest BCUT2D eigenvalue weighted by Crippen LogP contribution is 2.20. The molecule has 0 radical (unpaired) electrons. The van der Waals surface area contributed by atoms with Crippen LogP contribution in [0.4, 0.5) is 0 Å². The number of halogens is 1. The van der Waals surface area contributed by atoms with Crippen molar-refractivity contribution >= 4 is 17.1 Å². The van der Waals surface area contributed by atoms with Crippen LogP contribution >= 0.6 is 11.6 Å². The van der Waals surface area contributed by atoms with E-state index in [0.717, 1.165) is 16.8 Å². The fraction of sp³-hybridized carbons (Fsp3) is 0. The molecule has 0 amide bonds. The fourth-order valence-corrected chi connectivity index (χ4v) is 1.85. The van der Waals surface area contributed by atoms with Crippen LogP contribution in [0.2, 0.25) is 5.15 Å². The van der Waals surface area contributed by atoms with Crippen LogP contribution in [-0.2, 0) is 0 Å². The lowest BCUT2D eigenvalue weighted by Gasteiger charge is -1.94. The molecule has 0 spiro atoms. The van der Waals surface area contributed by atoms with Crippen LogP contribution in [0.15, 0.2) is 48.8 Å². The van der Waals surface area contributed by atoms with Gasteiger partial charge in [-0.2, -0.15) is 5.10 Å². The minimum absolute atomic E-state index is 0.604. The number of hydrogen-bond donors (Lipinski definition) is 0. The van der Waals surface area contributed by atoms with Crippen LogP contribution in [-0.4, -0.2) is 14.6 Å². The maximum absolute atomic E-state index is 6.04. The van der Waals surface area contributed by atoms with E-state index in [4.69, 9.17) is 11.6 Å². The molecular weight excluding hydrogens is 222 g/mol. The summed E-state index contributed by atoms with van der Waals surface area (Å²) in [5.41, 5.74) is 2.84. The number of nitrogens with zero attached hydrogens (tertiary/aromatic N) is 3. The maximum atomic E-state index is 6.04. The summed E-state index contributed by atoms with van der Waals surface area (Å²) in [5, 5.41) is 5.03. The molecule has 78 valence electrons. The second-order valence-electron chi connectivity index (χ2n) is 3.46. The van der Waals surface area contributed by atoms with Gasteiger partial charge in [0.05, 0.1) is 11.2 Å². The monoisotopic (exact) mass is 229 g/mol. The molecule has 3 nitrogen and oxygen atoms in total. The van der Waals surface area contributed by atoms with Gasteiger partial charge in [-0.3, -0.25) is 4.98 Å². The Morgan fingerprint density at radius 1 is 1.12 bits per heavy atom. The summed E-state index contributed by atoms with van der Waals surface area (Å²) in [7, 11) is 0. The molecule has 0 fully saturated rings. The van der Waals surface area contributed by atoms with E-state index in [1.165, 1.54) is 0 Å². The molecule has 3 aromatic rings. The van der Waals surface area contributed by atoms with Gasteiger partial charge < -0.3 is 0 Å². The summed E-state index contributed by atoms with van der Waals surface area (Å²) in [4.78, 5) is 4.07. The zero-order valence-corrected chi connectivity index (χ0v) is 9.09. The second-order valence-corrected chi connectivity index (χ2v) is 3.84. The van der Waals surface area contributed by atoms with E-state index in [9.17, 15) is 0 Å². The Labute approximate surface area is 97.3 Å². The van der Waals surface area contributed by atoms with E-state index < -0.39 is 0 Å². The molecule has 0 unspecified atom stereocenters. The molecule has 3 rings (SSSR count). The topological polar surface area (TPSA) is 30.2 Å². The molecule has 4 heteroatoms. The molecule has 0 aromatic carbocycles. The first-order valence-electron chi connectivity index (χ1n) is 4.89. The summed E-state index contributed by atoms with van der Waals surface area (Å²) in [6, 6.07) is 11.5. The average Bonchev–Trinajstić information content (AvgIpc) is 2.76. The Bertz CT molecular complexity index is 631. The van der Waals surface area contributed by atoms with Gasteiger partial charge in [0.2, 0.25) is 0 Å². The minimum Gasteiger partial charge on any atom is -0.264 e. The van der Waals surface area contributed by atoms with Crippen molar-refractivity contribution in [3.05, 3.63) is 53.9 Å². The molecule has 0 N–H and O–H groups in total. The molecule has 0 aliphatic carbocycles. The van der Waals surface area contributed by atoms with Gasteiger partial charge in [-0.25, -0.2) is 4.52 Å². The number of fused-ring (bicyclic) bond motifs is 1. The van der Waals surface area contributed by atoms with E-state index in [-0.39, 0.29) is 0 Å². The highest BCUT2D eigenvalue weighted by Gasteiger charge is 2.05.